The van der Waals surface area contributed by atoms with Gasteiger partial charge in [-0.25, -0.2) is 0 Å². The molecule has 26 heavy (non-hydrogen) atoms. The third-order valence-electron chi connectivity index (χ3n) is 4.76. The molecule has 1 amide bonds. The van der Waals surface area contributed by atoms with Crippen molar-refractivity contribution in [3.05, 3.63) is 65.7 Å². The number of amides is 1. The summed E-state index contributed by atoms with van der Waals surface area (Å²) in [5.74, 6) is 1.90. The standard InChI is InChI=1S/C21H25NO3S/c1-25-18-11-9-16(10-12-18)19-8-5-13-22(19)21(24)15-26-14-20(23)17-6-3-2-4-7-17/h2-4,6-7,9-12,19-20,23H,5,8,13-15H2,1H3. The predicted octanol–water partition coefficient (Wildman–Crippen LogP) is 3.83. The fourth-order valence-electron chi connectivity index (χ4n) is 3.35. The Morgan fingerprint density at radius 2 is 1.96 bits per heavy atom. The molecular formula is C21H25NO3S. The van der Waals surface area contributed by atoms with Crippen molar-refractivity contribution < 1.29 is 14.6 Å². The van der Waals surface area contributed by atoms with E-state index in [0.717, 1.165) is 36.3 Å². The van der Waals surface area contributed by atoms with Crippen LogP contribution in [-0.2, 0) is 4.79 Å². The van der Waals surface area contributed by atoms with Crippen LogP contribution >= 0.6 is 11.8 Å². The van der Waals surface area contributed by atoms with Crippen molar-refractivity contribution in [3.8, 4) is 5.75 Å². The minimum absolute atomic E-state index is 0.146. The second-order valence-electron chi connectivity index (χ2n) is 6.46. The number of carbonyl (C=O) groups excluding carboxylic acids is 1. The first-order valence-electron chi connectivity index (χ1n) is 8.93. The molecule has 1 fully saturated rings. The quantitative estimate of drug-likeness (QED) is 0.804. The zero-order chi connectivity index (χ0) is 18.4. The van der Waals surface area contributed by atoms with Crippen LogP contribution in [-0.4, -0.2) is 41.1 Å². The first-order valence-corrected chi connectivity index (χ1v) is 10.1. The van der Waals surface area contributed by atoms with Crippen LogP contribution in [0.15, 0.2) is 54.6 Å². The molecule has 2 unspecified atom stereocenters. The molecule has 0 aromatic heterocycles. The Bertz CT molecular complexity index is 705. The lowest BCUT2D eigenvalue weighted by atomic mass is 10.0. The fourth-order valence-corrected chi connectivity index (χ4v) is 4.22. The lowest BCUT2D eigenvalue weighted by Crippen LogP contribution is -2.32. The van der Waals surface area contributed by atoms with E-state index in [1.54, 1.807) is 7.11 Å². The molecule has 138 valence electrons. The molecular weight excluding hydrogens is 346 g/mol. The summed E-state index contributed by atoms with van der Waals surface area (Å²) in [7, 11) is 1.65. The van der Waals surface area contributed by atoms with Crippen LogP contribution in [0.25, 0.3) is 0 Å². The maximum Gasteiger partial charge on any atom is 0.233 e. The van der Waals surface area contributed by atoms with Crippen molar-refractivity contribution in [2.24, 2.45) is 0 Å². The molecule has 0 radical (unpaired) electrons. The monoisotopic (exact) mass is 371 g/mol. The van der Waals surface area contributed by atoms with Crippen molar-refractivity contribution in [1.29, 1.82) is 0 Å². The van der Waals surface area contributed by atoms with E-state index < -0.39 is 6.10 Å². The minimum atomic E-state index is -0.537. The van der Waals surface area contributed by atoms with Crippen LogP contribution in [0.5, 0.6) is 5.75 Å². The Hall–Kier alpha value is -1.98. The van der Waals surface area contributed by atoms with Gasteiger partial charge in [0.2, 0.25) is 5.91 Å². The van der Waals surface area contributed by atoms with Gasteiger partial charge in [0.15, 0.2) is 0 Å². The molecule has 1 aliphatic rings. The molecule has 0 saturated carbocycles. The van der Waals surface area contributed by atoms with Gasteiger partial charge < -0.3 is 14.7 Å². The van der Waals surface area contributed by atoms with Crippen molar-refractivity contribution in [2.45, 2.75) is 25.0 Å². The molecule has 1 N–H and O–H groups in total. The molecule has 4 nitrogen and oxygen atoms in total. The van der Waals surface area contributed by atoms with Gasteiger partial charge >= 0.3 is 0 Å². The number of nitrogens with zero attached hydrogens (tertiary/aromatic N) is 1. The highest BCUT2D eigenvalue weighted by Gasteiger charge is 2.29. The Morgan fingerprint density at radius 3 is 2.65 bits per heavy atom. The third kappa shape index (κ3) is 4.59. The van der Waals surface area contributed by atoms with Crippen LogP contribution in [0.3, 0.4) is 0 Å². The summed E-state index contributed by atoms with van der Waals surface area (Å²) in [5.41, 5.74) is 2.05. The normalized spacial score (nSPS) is 17.9. The molecule has 5 heteroatoms. The number of likely N-dealkylation sites (tertiary alicyclic amines) is 1. The number of hydrogen-bond acceptors (Lipinski definition) is 4. The number of ether oxygens (including phenoxy) is 1. The van der Waals surface area contributed by atoms with E-state index in [1.807, 2.05) is 59.5 Å². The fraction of sp³-hybridized carbons (Fsp3) is 0.381. The molecule has 1 heterocycles. The molecule has 3 rings (SSSR count). The zero-order valence-corrected chi connectivity index (χ0v) is 15.8. The Morgan fingerprint density at radius 1 is 1.23 bits per heavy atom. The second-order valence-corrected chi connectivity index (χ2v) is 7.49. The van der Waals surface area contributed by atoms with Gasteiger partial charge in [-0.2, -0.15) is 0 Å². The average molecular weight is 372 g/mol. The second kappa shape index (κ2) is 9.10. The van der Waals surface area contributed by atoms with Crippen molar-refractivity contribution in [3.63, 3.8) is 0 Å². The number of carbonyl (C=O) groups is 1. The van der Waals surface area contributed by atoms with Crippen LogP contribution in [0, 0.1) is 0 Å². The largest absolute Gasteiger partial charge is 0.497 e. The van der Waals surface area contributed by atoms with Crippen LogP contribution in [0.1, 0.15) is 36.1 Å². The van der Waals surface area contributed by atoms with E-state index in [9.17, 15) is 9.90 Å². The first kappa shape index (κ1) is 18.8. The van der Waals surface area contributed by atoms with E-state index in [1.165, 1.54) is 11.8 Å². The van der Waals surface area contributed by atoms with Crippen LogP contribution in [0.4, 0.5) is 0 Å². The van der Waals surface area contributed by atoms with Gasteiger partial charge in [0, 0.05) is 12.3 Å². The number of rotatable bonds is 7. The summed E-state index contributed by atoms with van der Waals surface area (Å²) in [5, 5.41) is 10.2. The van der Waals surface area contributed by atoms with E-state index in [0.29, 0.717) is 11.5 Å². The summed E-state index contributed by atoms with van der Waals surface area (Å²) in [4.78, 5) is 14.6. The van der Waals surface area contributed by atoms with Gasteiger partial charge in [-0.15, -0.1) is 11.8 Å². The highest BCUT2D eigenvalue weighted by Crippen LogP contribution is 2.33. The summed E-state index contributed by atoms with van der Waals surface area (Å²) < 4.78 is 5.21. The highest BCUT2D eigenvalue weighted by molar-refractivity contribution is 7.99. The Labute approximate surface area is 159 Å². The molecule has 2 aromatic carbocycles. The lowest BCUT2D eigenvalue weighted by molar-refractivity contribution is -0.129. The van der Waals surface area contributed by atoms with E-state index >= 15 is 0 Å². The van der Waals surface area contributed by atoms with Crippen molar-refractivity contribution in [2.75, 3.05) is 25.2 Å². The molecule has 2 atom stereocenters. The van der Waals surface area contributed by atoms with Gasteiger partial charge in [0.1, 0.15) is 5.75 Å². The smallest absolute Gasteiger partial charge is 0.233 e. The number of thioether (sulfide) groups is 1. The molecule has 0 aliphatic carbocycles. The van der Waals surface area contributed by atoms with Crippen molar-refractivity contribution in [1.82, 2.24) is 4.90 Å². The number of aliphatic hydroxyl groups excluding tert-OH is 1. The van der Waals surface area contributed by atoms with E-state index in [4.69, 9.17) is 4.74 Å². The molecule has 1 aliphatic heterocycles. The zero-order valence-electron chi connectivity index (χ0n) is 15.0. The maximum atomic E-state index is 12.7. The summed E-state index contributed by atoms with van der Waals surface area (Å²) >= 11 is 1.49. The topological polar surface area (TPSA) is 49.8 Å². The highest BCUT2D eigenvalue weighted by atomic mass is 32.2. The lowest BCUT2D eigenvalue weighted by Gasteiger charge is -2.25. The predicted molar refractivity (Wildman–Crippen MR) is 105 cm³/mol. The van der Waals surface area contributed by atoms with Gasteiger partial charge in [-0.3, -0.25) is 4.79 Å². The molecule has 1 saturated heterocycles. The van der Waals surface area contributed by atoms with E-state index in [-0.39, 0.29) is 11.9 Å². The summed E-state index contributed by atoms with van der Waals surface area (Å²) in [6.07, 6.45) is 1.49. The molecule has 0 spiro atoms. The number of aliphatic hydroxyl groups is 1. The van der Waals surface area contributed by atoms with Gasteiger partial charge in [0.05, 0.1) is 25.0 Å². The minimum Gasteiger partial charge on any atom is -0.497 e. The van der Waals surface area contributed by atoms with Gasteiger partial charge in [0.25, 0.3) is 0 Å². The SMILES string of the molecule is COc1ccc(C2CCCN2C(=O)CSCC(O)c2ccccc2)cc1. The number of methoxy groups -OCH3 is 1. The van der Waals surface area contributed by atoms with E-state index in [2.05, 4.69) is 0 Å². The molecule has 2 aromatic rings. The van der Waals surface area contributed by atoms with Crippen LogP contribution < -0.4 is 4.74 Å². The first-order chi connectivity index (χ1) is 12.7. The molecule has 0 bridgehead atoms. The number of benzene rings is 2. The third-order valence-corrected chi connectivity index (χ3v) is 5.76. The Kier molecular flexibility index (Phi) is 6.58. The summed E-state index contributed by atoms with van der Waals surface area (Å²) in [6, 6.07) is 17.7. The van der Waals surface area contributed by atoms with Gasteiger partial charge in [-0.1, -0.05) is 42.5 Å². The number of hydrogen-bond donors (Lipinski definition) is 1. The average Bonchev–Trinajstić information content (AvgIpc) is 3.18. The maximum absolute atomic E-state index is 12.7. The van der Waals surface area contributed by atoms with Crippen LogP contribution in [0.2, 0.25) is 0 Å². The van der Waals surface area contributed by atoms with Gasteiger partial charge in [-0.05, 0) is 36.1 Å². The Balaban J connectivity index is 1.53. The van der Waals surface area contributed by atoms with Crippen molar-refractivity contribution >= 4 is 17.7 Å². The summed E-state index contributed by atoms with van der Waals surface area (Å²) in [6.45, 7) is 0.803.